The number of hydrogen-bond donors (Lipinski definition) is 1. The molecule has 2 rings (SSSR count). The van der Waals surface area contributed by atoms with Gasteiger partial charge in [-0.2, -0.15) is 0 Å². The van der Waals surface area contributed by atoms with Crippen molar-refractivity contribution in [3.05, 3.63) is 23.8 Å². The first-order valence-electron chi connectivity index (χ1n) is 6.85. The van der Waals surface area contributed by atoms with Gasteiger partial charge in [0.05, 0.1) is 11.9 Å². The van der Waals surface area contributed by atoms with Crippen LogP contribution in [0.25, 0.3) is 0 Å². The van der Waals surface area contributed by atoms with E-state index in [-0.39, 0.29) is 11.6 Å². The Labute approximate surface area is 117 Å². The Balaban J connectivity index is 2.32. The van der Waals surface area contributed by atoms with E-state index in [4.69, 9.17) is 0 Å². The molecule has 6 heteroatoms. The van der Waals surface area contributed by atoms with Gasteiger partial charge < -0.3 is 10.0 Å². The second-order valence-electron chi connectivity index (χ2n) is 5.19. The summed E-state index contributed by atoms with van der Waals surface area (Å²) in [6.07, 6.45) is 5.32. The predicted octanol–water partition coefficient (Wildman–Crippen LogP) is 1.64. The van der Waals surface area contributed by atoms with Gasteiger partial charge in [-0.1, -0.05) is 13.3 Å². The van der Waals surface area contributed by atoms with Crippen LogP contribution in [0.2, 0.25) is 0 Å². The molecule has 0 radical (unpaired) electrons. The van der Waals surface area contributed by atoms with Gasteiger partial charge in [-0.25, -0.2) is 9.78 Å². The average Bonchev–Trinajstić information content (AvgIpc) is 2.84. The fourth-order valence-corrected chi connectivity index (χ4v) is 2.82. The van der Waals surface area contributed by atoms with Gasteiger partial charge in [-0.3, -0.25) is 9.78 Å². The summed E-state index contributed by atoms with van der Waals surface area (Å²) in [5, 5.41) is 9.58. The van der Waals surface area contributed by atoms with E-state index in [1.54, 1.807) is 6.92 Å². The van der Waals surface area contributed by atoms with E-state index in [9.17, 15) is 14.7 Å². The number of carbonyl (C=O) groups is 2. The summed E-state index contributed by atoms with van der Waals surface area (Å²) < 4.78 is 0. The summed E-state index contributed by atoms with van der Waals surface area (Å²) >= 11 is 0. The van der Waals surface area contributed by atoms with Gasteiger partial charge in [0.1, 0.15) is 11.2 Å². The first-order valence-corrected chi connectivity index (χ1v) is 6.85. The largest absolute Gasteiger partial charge is 0.479 e. The smallest absolute Gasteiger partial charge is 0.329 e. The molecule has 1 unspecified atom stereocenters. The SMILES string of the molecule is CCCC1(C(=O)O)CCCN1C(=O)c1cnc(C)cn1. The summed E-state index contributed by atoms with van der Waals surface area (Å²) in [5.41, 5.74) is -0.154. The Morgan fingerprint density at radius 3 is 2.70 bits per heavy atom. The number of carboxylic acids is 1. The van der Waals surface area contributed by atoms with Crippen molar-refractivity contribution in [2.45, 2.75) is 45.1 Å². The van der Waals surface area contributed by atoms with Crippen LogP contribution in [-0.4, -0.2) is 43.9 Å². The fraction of sp³-hybridized carbons (Fsp3) is 0.571. The zero-order valence-electron chi connectivity index (χ0n) is 11.8. The zero-order chi connectivity index (χ0) is 14.8. The van der Waals surface area contributed by atoms with E-state index in [0.29, 0.717) is 25.8 Å². The number of nitrogens with zero attached hydrogens (tertiary/aromatic N) is 3. The van der Waals surface area contributed by atoms with Gasteiger partial charge in [0.2, 0.25) is 0 Å². The monoisotopic (exact) mass is 277 g/mol. The third-order valence-electron chi connectivity index (χ3n) is 3.80. The van der Waals surface area contributed by atoms with E-state index in [1.165, 1.54) is 17.3 Å². The molecule has 1 fully saturated rings. The number of carboxylic acid groups (broad SMARTS) is 1. The molecule has 1 aliphatic heterocycles. The lowest BCUT2D eigenvalue weighted by Crippen LogP contribution is -2.53. The van der Waals surface area contributed by atoms with Crippen LogP contribution in [0.4, 0.5) is 0 Å². The maximum absolute atomic E-state index is 12.5. The van der Waals surface area contributed by atoms with Crippen molar-refractivity contribution in [3.8, 4) is 0 Å². The van der Waals surface area contributed by atoms with Crippen LogP contribution in [0.5, 0.6) is 0 Å². The minimum Gasteiger partial charge on any atom is -0.479 e. The first-order chi connectivity index (χ1) is 9.51. The molecule has 108 valence electrons. The number of aryl methyl sites for hydroxylation is 1. The Morgan fingerprint density at radius 2 is 2.15 bits per heavy atom. The third kappa shape index (κ3) is 2.37. The van der Waals surface area contributed by atoms with Crippen LogP contribution >= 0.6 is 0 Å². The summed E-state index contributed by atoms with van der Waals surface area (Å²) in [6, 6.07) is 0. The molecule has 1 aromatic rings. The molecule has 20 heavy (non-hydrogen) atoms. The first kappa shape index (κ1) is 14.4. The normalized spacial score (nSPS) is 22.0. The van der Waals surface area contributed by atoms with Crippen molar-refractivity contribution in [1.29, 1.82) is 0 Å². The number of amides is 1. The van der Waals surface area contributed by atoms with Crippen molar-refractivity contribution in [2.24, 2.45) is 0 Å². The van der Waals surface area contributed by atoms with Gasteiger partial charge in [0, 0.05) is 12.7 Å². The van der Waals surface area contributed by atoms with E-state index >= 15 is 0 Å². The van der Waals surface area contributed by atoms with E-state index in [2.05, 4.69) is 9.97 Å². The topological polar surface area (TPSA) is 83.4 Å². The van der Waals surface area contributed by atoms with Gasteiger partial charge in [-0.15, -0.1) is 0 Å². The van der Waals surface area contributed by atoms with Crippen LogP contribution in [-0.2, 0) is 4.79 Å². The van der Waals surface area contributed by atoms with Crippen molar-refractivity contribution >= 4 is 11.9 Å². The van der Waals surface area contributed by atoms with E-state index in [1.807, 2.05) is 6.92 Å². The molecule has 1 atom stereocenters. The molecule has 0 aliphatic carbocycles. The number of rotatable bonds is 4. The van der Waals surface area contributed by atoms with Crippen LogP contribution in [0, 0.1) is 6.92 Å². The lowest BCUT2D eigenvalue weighted by Gasteiger charge is -2.34. The minimum atomic E-state index is -1.08. The molecule has 2 heterocycles. The summed E-state index contributed by atoms with van der Waals surface area (Å²) in [4.78, 5) is 33.8. The maximum Gasteiger partial charge on any atom is 0.329 e. The number of aliphatic carboxylic acids is 1. The van der Waals surface area contributed by atoms with Crippen molar-refractivity contribution in [3.63, 3.8) is 0 Å². The lowest BCUT2D eigenvalue weighted by atomic mass is 9.90. The van der Waals surface area contributed by atoms with Crippen LogP contribution in [0.1, 0.15) is 48.8 Å². The second kappa shape index (κ2) is 5.56. The standard InChI is InChI=1S/C14H19N3O3/c1-3-5-14(13(19)20)6-4-7-17(14)12(18)11-9-15-10(2)8-16-11/h8-9H,3-7H2,1-2H3,(H,19,20). The molecule has 0 aromatic carbocycles. The average molecular weight is 277 g/mol. The van der Waals surface area contributed by atoms with Crippen LogP contribution < -0.4 is 0 Å². The number of hydrogen-bond acceptors (Lipinski definition) is 4. The predicted molar refractivity (Wildman–Crippen MR) is 72.3 cm³/mol. The van der Waals surface area contributed by atoms with Crippen LogP contribution in [0.15, 0.2) is 12.4 Å². The van der Waals surface area contributed by atoms with Gasteiger partial charge in [0.15, 0.2) is 0 Å². The molecular formula is C14H19N3O3. The van der Waals surface area contributed by atoms with Gasteiger partial charge in [-0.05, 0) is 26.2 Å². The van der Waals surface area contributed by atoms with Crippen molar-refractivity contribution in [2.75, 3.05) is 6.54 Å². The molecule has 0 bridgehead atoms. The molecule has 1 aliphatic rings. The van der Waals surface area contributed by atoms with Gasteiger partial charge >= 0.3 is 5.97 Å². The highest BCUT2D eigenvalue weighted by molar-refractivity contribution is 5.96. The summed E-state index contributed by atoms with van der Waals surface area (Å²) in [7, 11) is 0. The van der Waals surface area contributed by atoms with Gasteiger partial charge in [0.25, 0.3) is 5.91 Å². The minimum absolute atomic E-state index is 0.208. The second-order valence-corrected chi connectivity index (χ2v) is 5.19. The Bertz CT molecular complexity index is 515. The molecule has 6 nitrogen and oxygen atoms in total. The number of aromatic nitrogens is 2. The van der Waals surface area contributed by atoms with E-state index in [0.717, 1.165) is 12.1 Å². The summed E-state index contributed by atoms with van der Waals surface area (Å²) in [6.45, 7) is 4.17. The highest BCUT2D eigenvalue weighted by atomic mass is 16.4. The highest BCUT2D eigenvalue weighted by Gasteiger charge is 2.49. The zero-order valence-corrected chi connectivity index (χ0v) is 11.8. The molecule has 1 amide bonds. The van der Waals surface area contributed by atoms with Crippen molar-refractivity contribution in [1.82, 2.24) is 14.9 Å². The molecule has 0 spiro atoms. The maximum atomic E-state index is 12.5. The summed E-state index contributed by atoms with van der Waals surface area (Å²) in [5.74, 6) is -1.27. The lowest BCUT2D eigenvalue weighted by molar-refractivity contribution is -0.148. The quantitative estimate of drug-likeness (QED) is 0.904. The number of carbonyl (C=O) groups excluding carboxylic acids is 1. The molecule has 0 saturated carbocycles. The van der Waals surface area contributed by atoms with Crippen LogP contribution in [0.3, 0.4) is 0 Å². The Kier molecular flexibility index (Phi) is 4.01. The highest BCUT2D eigenvalue weighted by Crippen LogP contribution is 2.34. The Morgan fingerprint density at radius 1 is 1.40 bits per heavy atom. The van der Waals surface area contributed by atoms with Crippen molar-refractivity contribution < 1.29 is 14.7 Å². The molecule has 1 N–H and O–H groups in total. The van der Waals surface area contributed by atoms with E-state index < -0.39 is 11.5 Å². The molecule has 1 saturated heterocycles. The molecular weight excluding hydrogens is 258 g/mol. The third-order valence-corrected chi connectivity index (χ3v) is 3.80. The Hall–Kier alpha value is -1.98. The number of likely N-dealkylation sites (tertiary alicyclic amines) is 1. The fourth-order valence-electron chi connectivity index (χ4n) is 2.82. The molecule has 1 aromatic heterocycles.